The Kier molecular flexibility index (Phi) is 8.92. The van der Waals surface area contributed by atoms with Crippen molar-refractivity contribution in [2.75, 3.05) is 43.9 Å². The van der Waals surface area contributed by atoms with Crippen molar-refractivity contribution in [3.63, 3.8) is 0 Å². The average Bonchev–Trinajstić information content (AvgIpc) is 3.38. The zero-order valence-electron chi connectivity index (χ0n) is 21.8. The minimum Gasteiger partial charge on any atom is -0.367 e. The summed E-state index contributed by atoms with van der Waals surface area (Å²) < 4.78 is 0. The first kappa shape index (κ1) is 26.4. The number of hydrogen-bond acceptors (Lipinski definition) is 8. The number of nitrogens with one attached hydrogen (secondary N) is 1. The highest BCUT2D eigenvalue weighted by molar-refractivity contribution is 7.14. The molecule has 2 aromatic heterocycles. The van der Waals surface area contributed by atoms with Gasteiger partial charge in [0.05, 0.1) is 17.6 Å². The van der Waals surface area contributed by atoms with Crippen LogP contribution in [0.3, 0.4) is 0 Å². The van der Waals surface area contributed by atoms with Gasteiger partial charge in [-0.15, -0.1) is 10.2 Å². The molecule has 0 aliphatic heterocycles. The number of para-hydroxylation sites is 1. The van der Waals surface area contributed by atoms with E-state index in [1.807, 2.05) is 68.7 Å². The molecule has 37 heavy (non-hydrogen) atoms. The fourth-order valence-corrected chi connectivity index (χ4v) is 4.89. The van der Waals surface area contributed by atoms with Gasteiger partial charge in [-0.3, -0.25) is 4.79 Å². The van der Waals surface area contributed by atoms with Gasteiger partial charge in [0.2, 0.25) is 0 Å². The number of carbonyl (C=O) groups is 1. The van der Waals surface area contributed by atoms with Crippen molar-refractivity contribution in [2.24, 2.45) is 0 Å². The maximum Gasteiger partial charge on any atom is 0.276 e. The Morgan fingerprint density at radius 1 is 0.973 bits per heavy atom. The number of rotatable bonds is 11. The van der Waals surface area contributed by atoms with Crippen LogP contribution in [0.1, 0.15) is 35.8 Å². The number of benzene rings is 2. The second kappa shape index (κ2) is 12.5. The van der Waals surface area contributed by atoms with Crippen molar-refractivity contribution in [1.82, 2.24) is 25.1 Å². The fraction of sp³-hybridized carbons (Fsp3) is 0.321. The lowest BCUT2D eigenvalue weighted by atomic mass is 10.1. The fourth-order valence-electron chi connectivity index (χ4n) is 3.91. The maximum absolute atomic E-state index is 13.8. The van der Waals surface area contributed by atoms with E-state index in [4.69, 9.17) is 4.98 Å². The van der Waals surface area contributed by atoms with Crippen LogP contribution >= 0.6 is 11.3 Å². The predicted molar refractivity (Wildman–Crippen MR) is 151 cm³/mol. The topological polar surface area (TPSA) is 87.1 Å². The Morgan fingerprint density at radius 3 is 2.46 bits per heavy atom. The van der Waals surface area contributed by atoms with Gasteiger partial charge in [0.25, 0.3) is 5.91 Å². The molecule has 2 heterocycles. The molecule has 9 heteroatoms. The number of amides is 1. The van der Waals surface area contributed by atoms with Crippen LogP contribution in [-0.2, 0) is 6.42 Å². The van der Waals surface area contributed by atoms with Gasteiger partial charge in [-0.1, -0.05) is 60.7 Å². The number of carbonyl (C=O) groups excluding carboxylic acids is 1. The van der Waals surface area contributed by atoms with Crippen LogP contribution < -0.4 is 10.2 Å². The van der Waals surface area contributed by atoms with Crippen LogP contribution in [0, 0.1) is 0 Å². The van der Waals surface area contributed by atoms with Crippen molar-refractivity contribution in [1.29, 1.82) is 0 Å². The monoisotopic (exact) mass is 515 g/mol. The molecule has 0 unspecified atom stereocenters. The molecule has 4 rings (SSSR count). The van der Waals surface area contributed by atoms with Gasteiger partial charge in [0.1, 0.15) is 10.0 Å². The highest BCUT2D eigenvalue weighted by Crippen LogP contribution is 2.32. The van der Waals surface area contributed by atoms with Crippen molar-refractivity contribution in [3.8, 4) is 22.0 Å². The first-order chi connectivity index (χ1) is 18.0. The molecule has 192 valence electrons. The molecule has 0 bridgehead atoms. The van der Waals surface area contributed by atoms with E-state index in [1.54, 1.807) is 17.5 Å². The Hall–Kier alpha value is -3.69. The Bertz CT molecular complexity index is 1320. The molecule has 0 atom stereocenters. The number of hydrogen-bond donors (Lipinski definition) is 1. The Labute approximate surface area is 222 Å². The highest BCUT2D eigenvalue weighted by atomic mass is 32.1. The van der Waals surface area contributed by atoms with Crippen LogP contribution in [0.2, 0.25) is 0 Å². The van der Waals surface area contributed by atoms with E-state index in [0.29, 0.717) is 22.9 Å². The first-order valence-corrected chi connectivity index (χ1v) is 13.4. The molecule has 0 fully saturated rings. The maximum atomic E-state index is 13.8. The van der Waals surface area contributed by atoms with Gasteiger partial charge in [-0.05, 0) is 39.6 Å². The average molecular weight is 516 g/mol. The third kappa shape index (κ3) is 6.55. The summed E-state index contributed by atoms with van der Waals surface area (Å²) in [6, 6.07) is 17.4. The molecule has 0 radical (unpaired) electrons. The summed E-state index contributed by atoms with van der Waals surface area (Å²) in [5, 5.41) is 13.6. The summed E-state index contributed by atoms with van der Waals surface area (Å²) in [4.78, 5) is 27.4. The van der Waals surface area contributed by atoms with Gasteiger partial charge in [-0.2, -0.15) is 0 Å². The minimum absolute atomic E-state index is 0.288. The third-order valence-electron chi connectivity index (χ3n) is 5.89. The van der Waals surface area contributed by atoms with Crippen molar-refractivity contribution >= 4 is 28.6 Å². The molecule has 1 N–H and O–H groups in total. The standard InChI is InChI=1S/C28H33N7OS/c1-5-12-24-32-33-28(37-24)21-15-10-11-16-22(21)30-27(36)25-23(35(6-2)18-17-34(3)4)19-29-26(31-25)20-13-8-7-9-14-20/h7-11,13-16,19H,5-6,12,17-18H2,1-4H3,(H,30,36). The van der Waals surface area contributed by atoms with Crippen LogP contribution in [0.5, 0.6) is 0 Å². The van der Waals surface area contributed by atoms with E-state index in [1.165, 1.54) is 0 Å². The Morgan fingerprint density at radius 2 is 1.73 bits per heavy atom. The molecule has 0 aliphatic rings. The molecule has 4 aromatic rings. The molecule has 2 aromatic carbocycles. The summed E-state index contributed by atoms with van der Waals surface area (Å²) in [6.45, 7) is 6.51. The highest BCUT2D eigenvalue weighted by Gasteiger charge is 2.22. The van der Waals surface area contributed by atoms with Crippen LogP contribution in [-0.4, -0.2) is 64.7 Å². The smallest absolute Gasteiger partial charge is 0.276 e. The third-order valence-corrected chi connectivity index (χ3v) is 6.91. The second-order valence-corrected chi connectivity index (χ2v) is 9.99. The summed E-state index contributed by atoms with van der Waals surface area (Å²) in [5.41, 5.74) is 3.42. The van der Waals surface area contributed by atoms with Crippen LogP contribution in [0.25, 0.3) is 22.0 Å². The summed E-state index contributed by atoms with van der Waals surface area (Å²) in [5.74, 6) is 0.225. The number of aromatic nitrogens is 4. The summed E-state index contributed by atoms with van der Waals surface area (Å²) >= 11 is 1.56. The molecular weight excluding hydrogens is 482 g/mol. The molecule has 0 aliphatic carbocycles. The van der Waals surface area contributed by atoms with Gasteiger partial charge in [0, 0.05) is 37.2 Å². The van der Waals surface area contributed by atoms with Gasteiger partial charge >= 0.3 is 0 Å². The number of aryl methyl sites for hydroxylation is 1. The van der Waals surface area contributed by atoms with Gasteiger partial charge in [0.15, 0.2) is 11.5 Å². The molecular formula is C28H33N7OS. The summed E-state index contributed by atoms with van der Waals surface area (Å²) in [7, 11) is 4.07. The second-order valence-electron chi connectivity index (χ2n) is 8.93. The Balaban J connectivity index is 1.71. The van der Waals surface area contributed by atoms with Crippen molar-refractivity contribution < 1.29 is 4.79 Å². The zero-order valence-corrected chi connectivity index (χ0v) is 22.6. The molecule has 0 saturated carbocycles. The van der Waals surface area contributed by atoms with Crippen molar-refractivity contribution in [2.45, 2.75) is 26.7 Å². The molecule has 0 saturated heterocycles. The summed E-state index contributed by atoms with van der Waals surface area (Å²) in [6.07, 6.45) is 3.66. The molecule has 1 amide bonds. The minimum atomic E-state index is -0.288. The van der Waals surface area contributed by atoms with Gasteiger partial charge in [-0.25, -0.2) is 9.97 Å². The lowest BCUT2D eigenvalue weighted by molar-refractivity contribution is 0.102. The van der Waals surface area contributed by atoms with E-state index in [0.717, 1.165) is 53.6 Å². The van der Waals surface area contributed by atoms with E-state index in [-0.39, 0.29) is 5.91 Å². The largest absolute Gasteiger partial charge is 0.367 e. The van der Waals surface area contributed by atoms with E-state index >= 15 is 0 Å². The normalized spacial score (nSPS) is 11.1. The number of nitrogens with zero attached hydrogens (tertiary/aromatic N) is 6. The predicted octanol–water partition coefficient (Wildman–Crippen LogP) is 5.25. The van der Waals surface area contributed by atoms with Crippen LogP contribution in [0.4, 0.5) is 11.4 Å². The zero-order chi connectivity index (χ0) is 26.2. The lowest BCUT2D eigenvalue weighted by Crippen LogP contribution is -2.33. The SMILES string of the molecule is CCCc1nnc(-c2ccccc2NC(=O)c2nc(-c3ccccc3)ncc2N(CC)CCN(C)C)s1. The molecule has 0 spiro atoms. The number of likely N-dealkylation sites (N-methyl/N-ethyl adjacent to an activating group) is 2. The quantitative estimate of drug-likeness (QED) is 0.292. The van der Waals surface area contributed by atoms with Gasteiger partial charge < -0.3 is 15.1 Å². The molecule has 8 nitrogen and oxygen atoms in total. The number of anilines is 2. The van der Waals surface area contributed by atoms with E-state index < -0.39 is 0 Å². The lowest BCUT2D eigenvalue weighted by Gasteiger charge is -2.26. The first-order valence-electron chi connectivity index (χ1n) is 12.5. The van der Waals surface area contributed by atoms with Crippen LogP contribution in [0.15, 0.2) is 60.8 Å². The van der Waals surface area contributed by atoms with Crippen molar-refractivity contribution in [3.05, 3.63) is 71.5 Å². The van der Waals surface area contributed by atoms with E-state index in [2.05, 4.69) is 44.1 Å². The van der Waals surface area contributed by atoms with E-state index in [9.17, 15) is 4.79 Å².